The lowest BCUT2D eigenvalue weighted by molar-refractivity contribution is 0.0746. The SMILES string of the molecule is Cc1cc(C)cc(N2CCN(C(=O)c3ccc(F)c(F)c3)CC2)c1. The van der Waals surface area contributed by atoms with Gasteiger partial charge in [0.05, 0.1) is 0 Å². The fourth-order valence-corrected chi connectivity index (χ4v) is 3.11. The van der Waals surface area contributed by atoms with Gasteiger partial charge < -0.3 is 9.80 Å². The summed E-state index contributed by atoms with van der Waals surface area (Å²) in [4.78, 5) is 16.4. The summed E-state index contributed by atoms with van der Waals surface area (Å²) in [6.45, 7) is 6.70. The van der Waals surface area contributed by atoms with E-state index in [4.69, 9.17) is 0 Å². The molecule has 5 heteroatoms. The van der Waals surface area contributed by atoms with Gasteiger partial charge in [-0.25, -0.2) is 8.78 Å². The van der Waals surface area contributed by atoms with E-state index in [0.717, 1.165) is 30.9 Å². The van der Waals surface area contributed by atoms with Crippen molar-refractivity contribution in [3.63, 3.8) is 0 Å². The van der Waals surface area contributed by atoms with Gasteiger partial charge in [0.25, 0.3) is 5.91 Å². The molecule has 2 aromatic carbocycles. The highest BCUT2D eigenvalue weighted by molar-refractivity contribution is 5.94. The van der Waals surface area contributed by atoms with Gasteiger partial charge in [0, 0.05) is 37.4 Å². The number of nitrogens with zero attached hydrogens (tertiary/aromatic N) is 2. The number of rotatable bonds is 2. The minimum absolute atomic E-state index is 0.189. The van der Waals surface area contributed by atoms with Crippen LogP contribution in [-0.4, -0.2) is 37.0 Å². The van der Waals surface area contributed by atoms with Crippen molar-refractivity contribution in [2.75, 3.05) is 31.1 Å². The zero-order valence-corrected chi connectivity index (χ0v) is 13.9. The lowest BCUT2D eigenvalue weighted by Gasteiger charge is -2.36. The highest BCUT2D eigenvalue weighted by atomic mass is 19.2. The van der Waals surface area contributed by atoms with Crippen molar-refractivity contribution in [1.82, 2.24) is 4.90 Å². The first kappa shape index (κ1) is 16.4. The van der Waals surface area contributed by atoms with Crippen LogP contribution in [0.5, 0.6) is 0 Å². The van der Waals surface area contributed by atoms with Crippen LogP contribution in [0.25, 0.3) is 0 Å². The maximum absolute atomic E-state index is 13.3. The van der Waals surface area contributed by atoms with Gasteiger partial charge >= 0.3 is 0 Å². The highest BCUT2D eigenvalue weighted by Crippen LogP contribution is 2.21. The number of benzene rings is 2. The van der Waals surface area contributed by atoms with Crippen molar-refractivity contribution in [1.29, 1.82) is 0 Å². The summed E-state index contributed by atoms with van der Waals surface area (Å²) < 4.78 is 26.3. The quantitative estimate of drug-likeness (QED) is 0.841. The first-order chi connectivity index (χ1) is 11.4. The first-order valence-corrected chi connectivity index (χ1v) is 8.01. The highest BCUT2D eigenvalue weighted by Gasteiger charge is 2.23. The van der Waals surface area contributed by atoms with Gasteiger partial charge in [-0.15, -0.1) is 0 Å². The van der Waals surface area contributed by atoms with E-state index in [1.807, 2.05) is 0 Å². The van der Waals surface area contributed by atoms with Crippen LogP contribution in [0.1, 0.15) is 21.5 Å². The normalized spacial score (nSPS) is 14.8. The standard InChI is InChI=1S/C19H20F2N2O/c1-13-9-14(2)11-16(10-13)22-5-7-23(8-6-22)19(24)15-3-4-17(20)18(21)12-15/h3-4,9-12H,5-8H2,1-2H3. The number of hydrogen-bond donors (Lipinski definition) is 0. The number of anilines is 1. The molecule has 0 spiro atoms. The third kappa shape index (κ3) is 3.40. The summed E-state index contributed by atoms with van der Waals surface area (Å²) in [7, 11) is 0. The molecule has 3 rings (SSSR count). The molecule has 3 nitrogen and oxygen atoms in total. The van der Waals surface area contributed by atoms with Crippen molar-refractivity contribution in [2.24, 2.45) is 0 Å². The van der Waals surface area contributed by atoms with E-state index in [1.165, 1.54) is 17.2 Å². The van der Waals surface area contributed by atoms with Crippen LogP contribution in [-0.2, 0) is 0 Å². The minimum Gasteiger partial charge on any atom is -0.368 e. The second kappa shape index (κ2) is 6.59. The van der Waals surface area contributed by atoms with Crippen molar-refractivity contribution >= 4 is 11.6 Å². The van der Waals surface area contributed by atoms with Crippen LogP contribution in [0.4, 0.5) is 14.5 Å². The van der Waals surface area contributed by atoms with Crippen molar-refractivity contribution in [3.05, 3.63) is 64.7 Å². The monoisotopic (exact) mass is 330 g/mol. The predicted molar refractivity (Wildman–Crippen MR) is 90.4 cm³/mol. The fourth-order valence-electron chi connectivity index (χ4n) is 3.11. The Morgan fingerprint density at radius 3 is 2.08 bits per heavy atom. The van der Waals surface area contributed by atoms with Crippen molar-refractivity contribution in [3.8, 4) is 0 Å². The maximum atomic E-state index is 13.3. The molecule has 1 saturated heterocycles. The number of aryl methyl sites for hydroxylation is 2. The van der Waals surface area contributed by atoms with Crippen molar-refractivity contribution < 1.29 is 13.6 Å². The minimum atomic E-state index is -0.991. The number of piperazine rings is 1. The Morgan fingerprint density at radius 1 is 0.875 bits per heavy atom. The van der Waals surface area contributed by atoms with Gasteiger partial charge in [-0.3, -0.25) is 4.79 Å². The summed E-state index contributed by atoms with van der Waals surface area (Å²) in [5.41, 5.74) is 3.77. The van der Waals surface area contributed by atoms with Crippen LogP contribution in [0.3, 0.4) is 0 Å². The Kier molecular flexibility index (Phi) is 4.51. The largest absolute Gasteiger partial charge is 0.368 e. The van der Waals surface area contributed by atoms with Gasteiger partial charge in [-0.2, -0.15) is 0 Å². The van der Waals surface area contributed by atoms with E-state index in [2.05, 4.69) is 36.9 Å². The molecule has 126 valence electrons. The van der Waals surface area contributed by atoms with Gasteiger partial charge in [0.15, 0.2) is 11.6 Å². The van der Waals surface area contributed by atoms with Crippen LogP contribution >= 0.6 is 0 Å². The Balaban J connectivity index is 1.68. The summed E-state index contributed by atoms with van der Waals surface area (Å²) in [6.07, 6.45) is 0. The molecule has 2 aromatic rings. The third-order valence-corrected chi connectivity index (χ3v) is 4.31. The Morgan fingerprint density at radius 2 is 1.50 bits per heavy atom. The molecule has 0 radical (unpaired) electrons. The lowest BCUT2D eigenvalue weighted by atomic mass is 10.1. The zero-order chi connectivity index (χ0) is 17.3. The molecule has 1 amide bonds. The molecule has 1 heterocycles. The Hall–Kier alpha value is -2.43. The van der Waals surface area contributed by atoms with E-state index < -0.39 is 11.6 Å². The van der Waals surface area contributed by atoms with E-state index >= 15 is 0 Å². The molecule has 0 N–H and O–H groups in total. The molecule has 0 aromatic heterocycles. The Labute approximate surface area is 140 Å². The van der Waals surface area contributed by atoms with Gasteiger partial charge in [-0.05, 0) is 55.3 Å². The van der Waals surface area contributed by atoms with Gasteiger partial charge in [-0.1, -0.05) is 6.07 Å². The summed E-state index contributed by atoms with van der Waals surface area (Å²) in [5, 5.41) is 0. The van der Waals surface area contributed by atoms with Crippen LogP contribution < -0.4 is 4.90 Å². The summed E-state index contributed by atoms with van der Waals surface area (Å²) in [5.74, 6) is -2.19. The zero-order valence-electron chi connectivity index (χ0n) is 13.9. The molecule has 1 aliphatic rings. The molecule has 0 atom stereocenters. The number of halogens is 2. The smallest absolute Gasteiger partial charge is 0.254 e. The summed E-state index contributed by atoms with van der Waals surface area (Å²) in [6, 6.07) is 9.70. The molecular weight excluding hydrogens is 310 g/mol. The van der Waals surface area contributed by atoms with Gasteiger partial charge in [0.2, 0.25) is 0 Å². The number of amides is 1. The first-order valence-electron chi connectivity index (χ1n) is 8.01. The van der Waals surface area contributed by atoms with Crippen molar-refractivity contribution in [2.45, 2.75) is 13.8 Å². The van der Waals surface area contributed by atoms with Crippen LogP contribution in [0.15, 0.2) is 36.4 Å². The molecule has 1 fully saturated rings. The van der Waals surface area contributed by atoms with E-state index in [1.54, 1.807) is 4.90 Å². The average molecular weight is 330 g/mol. The predicted octanol–water partition coefficient (Wildman–Crippen LogP) is 3.54. The molecular formula is C19H20F2N2O. The fraction of sp³-hybridized carbons (Fsp3) is 0.316. The summed E-state index contributed by atoms with van der Waals surface area (Å²) >= 11 is 0. The second-order valence-electron chi connectivity index (χ2n) is 6.25. The molecule has 24 heavy (non-hydrogen) atoms. The third-order valence-electron chi connectivity index (χ3n) is 4.31. The topological polar surface area (TPSA) is 23.6 Å². The molecule has 1 aliphatic heterocycles. The lowest BCUT2D eigenvalue weighted by Crippen LogP contribution is -2.48. The van der Waals surface area contributed by atoms with Crippen LogP contribution in [0, 0.1) is 25.5 Å². The van der Waals surface area contributed by atoms with Crippen LogP contribution in [0.2, 0.25) is 0 Å². The van der Waals surface area contributed by atoms with Gasteiger partial charge in [0.1, 0.15) is 0 Å². The van der Waals surface area contributed by atoms with E-state index in [0.29, 0.717) is 13.1 Å². The molecule has 0 bridgehead atoms. The van der Waals surface area contributed by atoms with E-state index in [-0.39, 0.29) is 11.5 Å². The molecule has 0 unspecified atom stereocenters. The average Bonchev–Trinajstić information content (AvgIpc) is 2.56. The number of carbonyl (C=O) groups excluding carboxylic acids is 1. The maximum Gasteiger partial charge on any atom is 0.254 e. The number of hydrogen-bond acceptors (Lipinski definition) is 2. The second-order valence-corrected chi connectivity index (χ2v) is 6.25. The molecule has 0 saturated carbocycles. The van der Waals surface area contributed by atoms with E-state index in [9.17, 15) is 13.6 Å². The molecule has 0 aliphatic carbocycles. The Bertz CT molecular complexity index is 748. The number of carbonyl (C=O) groups is 1.